The van der Waals surface area contributed by atoms with E-state index in [1.54, 1.807) is 0 Å². The second-order valence-corrected chi connectivity index (χ2v) is 7.42. The number of esters is 1. The largest absolute Gasteiger partial charge is 0.462 e. The Morgan fingerprint density at radius 3 is 2.50 bits per heavy atom. The second kappa shape index (κ2) is 4.84. The maximum absolute atomic E-state index is 11.9. The van der Waals surface area contributed by atoms with Gasteiger partial charge in [0.25, 0.3) is 0 Å². The lowest BCUT2D eigenvalue weighted by Crippen LogP contribution is -2.48. The fraction of sp³-hybridized carbons (Fsp3) is 0.933. The van der Waals surface area contributed by atoms with Crippen LogP contribution in [0.4, 0.5) is 0 Å². The molecule has 3 nitrogen and oxygen atoms in total. The number of ether oxygens (including phenoxy) is 1. The quantitative estimate of drug-likeness (QED) is 0.787. The lowest BCUT2D eigenvalue weighted by atomic mass is 9.71. The van der Waals surface area contributed by atoms with Crippen molar-refractivity contribution < 1.29 is 9.53 Å². The Kier molecular flexibility index (Phi) is 3.72. The number of carbonyl (C=O) groups excluding carboxylic acids is 1. The van der Waals surface area contributed by atoms with Crippen LogP contribution in [0.3, 0.4) is 0 Å². The summed E-state index contributed by atoms with van der Waals surface area (Å²) in [7, 11) is 0. The average molecular weight is 253 g/mol. The highest BCUT2D eigenvalue weighted by Crippen LogP contribution is 2.40. The third-order valence-corrected chi connectivity index (χ3v) is 4.49. The molecule has 2 unspecified atom stereocenters. The standard InChI is InChI=1S/C15H27NO2/c1-11-7-12(9-14(2,3)8-11)18-13(17)10-15(16)5-4-6-15/h11-12H,4-10,16H2,1-3H3. The summed E-state index contributed by atoms with van der Waals surface area (Å²) in [5.41, 5.74) is 6.12. The molecule has 2 aliphatic carbocycles. The number of hydrogen-bond donors (Lipinski definition) is 1. The van der Waals surface area contributed by atoms with Crippen LogP contribution in [0.25, 0.3) is 0 Å². The van der Waals surface area contributed by atoms with Crippen molar-refractivity contribution in [2.45, 2.75) is 77.4 Å². The Labute approximate surface area is 110 Å². The molecule has 2 aliphatic rings. The molecular formula is C15H27NO2. The van der Waals surface area contributed by atoms with Crippen molar-refractivity contribution >= 4 is 5.97 Å². The molecule has 0 radical (unpaired) electrons. The van der Waals surface area contributed by atoms with Gasteiger partial charge in [0.1, 0.15) is 6.10 Å². The molecule has 2 rings (SSSR count). The van der Waals surface area contributed by atoms with Crippen molar-refractivity contribution in [2.24, 2.45) is 17.1 Å². The topological polar surface area (TPSA) is 52.3 Å². The molecule has 0 aromatic heterocycles. The summed E-state index contributed by atoms with van der Waals surface area (Å²) >= 11 is 0. The van der Waals surface area contributed by atoms with Gasteiger partial charge in [-0.1, -0.05) is 20.8 Å². The lowest BCUT2D eigenvalue weighted by Gasteiger charge is -2.40. The summed E-state index contributed by atoms with van der Waals surface area (Å²) in [6.07, 6.45) is 6.80. The van der Waals surface area contributed by atoms with E-state index < -0.39 is 0 Å². The summed E-state index contributed by atoms with van der Waals surface area (Å²) in [6, 6.07) is 0. The van der Waals surface area contributed by atoms with Crippen molar-refractivity contribution in [3.63, 3.8) is 0 Å². The van der Waals surface area contributed by atoms with E-state index in [0.29, 0.717) is 17.8 Å². The maximum atomic E-state index is 11.9. The Balaban J connectivity index is 1.83. The van der Waals surface area contributed by atoms with Gasteiger partial charge in [0.15, 0.2) is 0 Å². The molecule has 2 fully saturated rings. The third-order valence-electron chi connectivity index (χ3n) is 4.49. The van der Waals surface area contributed by atoms with Crippen LogP contribution in [0.1, 0.15) is 65.7 Å². The number of carbonyl (C=O) groups is 1. The Morgan fingerprint density at radius 2 is 2.00 bits per heavy atom. The molecule has 2 N–H and O–H groups in total. The van der Waals surface area contributed by atoms with Crippen LogP contribution in [-0.2, 0) is 9.53 Å². The predicted molar refractivity (Wildman–Crippen MR) is 72.1 cm³/mol. The Bertz CT molecular complexity index is 320. The van der Waals surface area contributed by atoms with Gasteiger partial charge in [-0.3, -0.25) is 4.79 Å². The highest BCUT2D eigenvalue weighted by molar-refractivity contribution is 5.71. The first kappa shape index (κ1) is 13.9. The zero-order valence-electron chi connectivity index (χ0n) is 12.0. The molecule has 3 heteroatoms. The maximum Gasteiger partial charge on any atom is 0.307 e. The van der Waals surface area contributed by atoms with Crippen LogP contribution < -0.4 is 5.73 Å². The fourth-order valence-electron chi connectivity index (χ4n) is 3.67. The van der Waals surface area contributed by atoms with Gasteiger partial charge >= 0.3 is 5.97 Å². The lowest BCUT2D eigenvalue weighted by molar-refractivity contribution is -0.155. The van der Waals surface area contributed by atoms with Crippen molar-refractivity contribution in [2.75, 3.05) is 0 Å². The van der Waals surface area contributed by atoms with Crippen LogP contribution in [0, 0.1) is 11.3 Å². The Hall–Kier alpha value is -0.570. The minimum absolute atomic E-state index is 0.0906. The molecule has 2 saturated carbocycles. The van der Waals surface area contributed by atoms with E-state index in [1.807, 2.05) is 0 Å². The Morgan fingerprint density at radius 1 is 1.33 bits per heavy atom. The van der Waals surface area contributed by atoms with Crippen molar-refractivity contribution in [3.8, 4) is 0 Å². The van der Waals surface area contributed by atoms with Crippen LogP contribution in [0.15, 0.2) is 0 Å². The minimum atomic E-state index is -0.257. The van der Waals surface area contributed by atoms with Gasteiger partial charge in [0.2, 0.25) is 0 Å². The van der Waals surface area contributed by atoms with E-state index in [9.17, 15) is 4.79 Å². The van der Waals surface area contributed by atoms with Crippen LogP contribution in [0.2, 0.25) is 0 Å². The van der Waals surface area contributed by atoms with E-state index in [-0.39, 0.29) is 17.6 Å². The normalized spacial score (nSPS) is 33.6. The molecule has 0 aromatic rings. The van der Waals surface area contributed by atoms with Gasteiger partial charge < -0.3 is 10.5 Å². The monoisotopic (exact) mass is 253 g/mol. The number of rotatable bonds is 3. The van der Waals surface area contributed by atoms with Gasteiger partial charge in [0, 0.05) is 5.54 Å². The number of hydrogen-bond acceptors (Lipinski definition) is 3. The van der Waals surface area contributed by atoms with Crippen LogP contribution >= 0.6 is 0 Å². The van der Waals surface area contributed by atoms with E-state index >= 15 is 0 Å². The summed E-state index contributed by atoms with van der Waals surface area (Å²) in [5.74, 6) is 0.550. The zero-order valence-corrected chi connectivity index (χ0v) is 12.0. The summed E-state index contributed by atoms with van der Waals surface area (Å²) in [4.78, 5) is 11.9. The molecule has 0 bridgehead atoms. The van der Waals surface area contributed by atoms with E-state index in [4.69, 9.17) is 10.5 Å². The van der Waals surface area contributed by atoms with Gasteiger partial charge in [0.05, 0.1) is 6.42 Å². The molecule has 0 heterocycles. The third kappa shape index (κ3) is 3.47. The minimum Gasteiger partial charge on any atom is -0.462 e. The molecule has 0 spiro atoms. The smallest absolute Gasteiger partial charge is 0.307 e. The predicted octanol–water partition coefficient (Wildman–Crippen LogP) is 3.02. The molecule has 18 heavy (non-hydrogen) atoms. The molecule has 0 aliphatic heterocycles. The molecule has 0 saturated heterocycles. The molecule has 104 valence electrons. The molecular weight excluding hydrogens is 226 g/mol. The van der Waals surface area contributed by atoms with Gasteiger partial charge in [-0.2, -0.15) is 0 Å². The van der Waals surface area contributed by atoms with Crippen LogP contribution in [-0.4, -0.2) is 17.6 Å². The zero-order chi connectivity index (χ0) is 13.4. The molecule has 2 atom stereocenters. The molecule has 0 aromatic carbocycles. The van der Waals surface area contributed by atoms with E-state index in [2.05, 4.69) is 20.8 Å². The van der Waals surface area contributed by atoms with Gasteiger partial charge in [-0.25, -0.2) is 0 Å². The number of nitrogens with two attached hydrogens (primary N) is 1. The van der Waals surface area contributed by atoms with Gasteiger partial charge in [-0.05, 0) is 49.9 Å². The summed E-state index contributed by atoms with van der Waals surface area (Å²) < 4.78 is 5.65. The highest BCUT2D eigenvalue weighted by atomic mass is 16.5. The summed E-state index contributed by atoms with van der Waals surface area (Å²) in [5, 5.41) is 0. The summed E-state index contributed by atoms with van der Waals surface area (Å²) in [6.45, 7) is 6.78. The first-order valence-corrected chi connectivity index (χ1v) is 7.26. The van der Waals surface area contributed by atoms with Crippen LogP contribution in [0.5, 0.6) is 0 Å². The average Bonchev–Trinajstić information content (AvgIpc) is 2.10. The molecule has 0 amide bonds. The second-order valence-electron chi connectivity index (χ2n) is 7.42. The first-order valence-electron chi connectivity index (χ1n) is 7.26. The van der Waals surface area contributed by atoms with E-state index in [1.165, 1.54) is 6.42 Å². The van der Waals surface area contributed by atoms with E-state index in [0.717, 1.165) is 32.1 Å². The van der Waals surface area contributed by atoms with Gasteiger partial charge in [-0.15, -0.1) is 0 Å². The van der Waals surface area contributed by atoms with Crippen molar-refractivity contribution in [3.05, 3.63) is 0 Å². The van der Waals surface area contributed by atoms with Crippen molar-refractivity contribution in [1.82, 2.24) is 0 Å². The highest BCUT2D eigenvalue weighted by Gasteiger charge is 2.38. The first-order chi connectivity index (χ1) is 8.28. The van der Waals surface area contributed by atoms with Crippen molar-refractivity contribution in [1.29, 1.82) is 0 Å². The SMILES string of the molecule is CC1CC(OC(=O)CC2(N)CCC2)CC(C)(C)C1. The fourth-order valence-corrected chi connectivity index (χ4v) is 3.67.